The molecule has 4 nitrogen and oxygen atoms in total. The smallest absolute Gasteiger partial charge is 0.244 e. The van der Waals surface area contributed by atoms with Crippen LogP contribution in [-0.4, -0.2) is 10.1 Å². The second-order valence-electron chi connectivity index (χ2n) is 4.38. The number of nitrogens with zero attached hydrogens (tertiary/aromatic N) is 2. The lowest BCUT2D eigenvalue weighted by Gasteiger charge is -2.09. The molecule has 0 bridgehead atoms. The van der Waals surface area contributed by atoms with Gasteiger partial charge in [0.15, 0.2) is 0 Å². The van der Waals surface area contributed by atoms with Gasteiger partial charge in [-0.15, -0.1) is 0 Å². The summed E-state index contributed by atoms with van der Waals surface area (Å²) in [5.41, 5.74) is 6.46. The van der Waals surface area contributed by atoms with Crippen LogP contribution >= 0.6 is 15.9 Å². The van der Waals surface area contributed by atoms with E-state index in [2.05, 4.69) is 26.1 Å². The first-order valence-electron chi connectivity index (χ1n) is 5.53. The average Bonchev–Trinajstić information content (AvgIpc) is 2.75. The Hall–Kier alpha value is -1.27. The van der Waals surface area contributed by atoms with Crippen molar-refractivity contribution in [1.29, 1.82) is 0 Å². The lowest BCUT2D eigenvalue weighted by atomic mass is 10.1. The first-order valence-corrected chi connectivity index (χ1v) is 6.32. The van der Waals surface area contributed by atoms with Crippen molar-refractivity contribution in [2.75, 3.05) is 0 Å². The second kappa shape index (κ2) is 5.16. The average molecular weight is 314 g/mol. The molecule has 1 atom stereocenters. The van der Waals surface area contributed by atoms with Crippen LogP contribution in [0.5, 0.6) is 0 Å². The fourth-order valence-corrected chi connectivity index (χ4v) is 1.92. The van der Waals surface area contributed by atoms with Crippen molar-refractivity contribution < 1.29 is 8.91 Å². The molecule has 1 aromatic heterocycles. The van der Waals surface area contributed by atoms with E-state index in [4.69, 9.17) is 10.3 Å². The molecule has 0 aliphatic carbocycles. The summed E-state index contributed by atoms with van der Waals surface area (Å²) in [5.74, 6) is 0.526. The molecule has 0 saturated carbocycles. The fraction of sp³-hybridized carbons (Fsp3) is 0.333. The molecule has 2 rings (SSSR count). The molecule has 1 aromatic carbocycles. The Kier molecular flexibility index (Phi) is 3.77. The number of hydrogen-bond acceptors (Lipinski definition) is 4. The van der Waals surface area contributed by atoms with Crippen molar-refractivity contribution in [2.45, 2.75) is 19.9 Å². The summed E-state index contributed by atoms with van der Waals surface area (Å²) in [6.07, 6.45) is 0. The molecule has 0 radical (unpaired) electrons. The molecule has 6 heteroatoms. The van der Waals surface area contributed by atoms with Crippen molar-refractivity contribution in [3.8, 4) is 11.4 Å². The van der Waals surface area contributed by atoms with E-state index in [1.54, 1.807) is 6.07 Å². The van der Waals surface area contributed by atoms with Gasteiger partial charge < -0.3 is 10.3 Å². The minimum atomic E-state index is -0.362. The van der Waals surface area contributed by atoms with Gasteiger partial charge in [0.1, 0.15) is 5.82 Å². The van der Waals surface area contributed by atoms with E-state index < -0.39 is 0 Å². The molecule has 0 amide bonds. The van der Waals surface area contributed by atoms with Crippen LogP contribution in [0.15, 0.2) is 27.2 Å². The Morgan fingerprint density at radius 2 is 2.06 bits per heavy atom. The SMILES string of the molecule is CC(C)[C@@H](N)c1nc(-c2cc(F)cc(Br)c2)no1. The first-order chi connectivity index (χ1) is 8.47. The number of benzene rings is 1. The topological polar surface area (TPSA) is 64.9 Å². The van der Waals surface area contributed by atoms with Gasteiger partial charge in [-0.05, 0) is 24.1 Å². The third kappa shape index (κ3) is 2.76. The van der Waals surface area contributed by atoms with Crippen molar-refractivity contribution in [3.05, 3.63) is 34.4 Å². The van der Waals surface area contributed by atoms with Gasteiger partial charge in [0.25, 0.3) is 0 Å². The predicted molar refractivity (Wildman–Crippen MR) is 69.2 cm³/mol. The van der Waals surface area contributed by atoms with E-state index in [0.717, 1.165) is 0 Å². The van der Waals surface area contributed by atoms with E-state index in [-0.39, 0.29) is 17.8 Å². The Morgan fingerprint density at radius 3 is 2.67 bits per heavy atom. The summed E-state index contributed by atoms with van der Waals surface area (Å²) < 4.78 is 19.0. The van der Waals surface area contributed by atoms with E-state index in [1.165, 1.54) is 12.1 Å². The number of aromatic nitrogens is 2. The zero-order chi connectivity index (χ0) is 13.3. The van der Waals surface area contributed by atoms with Gasteiger partial charge in [0, 0.05) is 10.0 Å². The monoisotopic (exact) mass is 313 g/mol. The van der Waals surface area contributed by atoms with Gasteiger partial charge in [0.2, 0.25) is 11.7 Å². The molecule has 0 spiro atoms. The first kappa shape index (κ1) is 13.2. The Balaban J connectivity index is 2.35. The molecular weight excluding hydrogens is 301 g/mol. The van der Waals surface area contributed by atoms with Crippen LogP contribution < -0.4 is 5.73 Å². The van der Waals surface area contributed by atoms with Gasteiger partial charge >= 0.3 is 0 Å². The summed E-state index contributed by atoms with van der Waals surface area (Å²) in [4.78, 5) is 4.19. The number of hydrogen-bond donors (Lipinski definition) is 1. The highest BCUT2D eigenvalue weighted by molar-refractivity contribution is 9.10. The van der Waals surface area contributed by atoms with Gasteiger partial charge in [-0.2, -0.15) is 4.98 Å². The van der Waals surface area contributed by atoms with Crippen molar-refractivity contribution in [3.63, 3.8) is 0 Å². The third-order valence-electron chi connectivity index (χ3n) is 2.57. The highest BCUT2D eigenvalue weighted by Gasteiger charge is 2.19. The van der Waals surface area contributed by atoms with Crippen molar-refractivity contribution in [1.82, 2.24) is 10.1 Å². The van der Waals surface area contributed by atoms with Crippen LogP contribution in [0.1, 0.15) is 25.8 Å². The molecule has 0 saturated heterocycles. The maximum Gasteiger partial charge on any atom is 0.244 e. The van der Waals surface area contributed by atoms with Crippen LogP contribution in [0.25, 0.3) is 11.4 Å². The summed E-state index contributed by atoms with van der Waals surface area (Å²) >= 11 is 3.22. The zero-order valence-corrected chi connectivity index (χ0v) is 11.6. The molecule has 1 heterocycles. The normalized spacial score (nSPS) is 13.0. The molecule has 0 aliphatic heterocycles. The Morgan fingerprint density at radius 1 is 1.33 bits per heavy atom. The van der Waals surface area contributed by atoms with Crippen molar-refractivity contribution >= 4 is 15.9 Å². The summed E-state index contributed by atoms with van der Waals surface area (Å²) in [5, 5.41) is 3.82. The predicted octanol–water partition coefficient (Wildman–Crippen LogP) is 3.29. The van der Waals surface area contributed by atoms with Crippen LogP contribution in [0.3, 0.4) is 0 Å². The number of rotatable bonds is 3. The second-order valence-corrected chi connectivity index (χ2v) is 5.30. The lowest BCUT2D eigenvalue weighted by Crippen LogP contribution is -2.16. The van der Waals surface area contributed by atoms with Gasteiger partial charge in [-0.3, -0.25) is 0 Å². The molecule has 2 N–H and O–H groups in total. The molecule has 18 heavy (non-hydrogen) atoms. The minimum absolute atomic E-state index is 0.192. The number of halogens is 2. The molecule has 2 aromatic rings. The van der Waals surface area contributed by atoms with Gasteiger partial charge in [0.05, 0.1) is 6.04 Å². The van der Waals surface area contributed by atoms with E-state index in [9.17, 15) is 4.39 Å². The Bertz CT molecular complexity index is 536. The van der Waals surface area contributed by atoms with Gasteiger partial charge in [-0.25, -0.2) is 4.39 Å². The van der Waals surface area contributed by atoms with E-state index in [1.807, 2.05) is 13.8 Å². The maximum absolute atomic E-state index is 13.3. The summed E-state index contributed by atoms with van der Waals surface area (Å²) in [7, 11) is 0. The van der Waals surface area contributed by atoms with Gasteiger partial charge in [-0.1, -0.05) is 34.9 Å². The zero-order valence-electron chi connectivity index (χ0n) is 10.0. The standard InChI is InChI=1S/C12H13BrFN3O/c1-6(2)10(15)12-16-11(17-18-12)7-3-8(13)5-9(14)4-7/h3-6,10H,15H2,1-2H3/t10-/m1/s1. The fourth-order valence-electron chi connectivity index (χ4n) is 1.46. The highest BCUT2D eigenvalue weighted by Crippen LogP contribution is 2.24. The Labute approximate surface area is 113 Å². The summed E-state index contributed by atoms with van der Waals surface area (Å²) in [6, 6.07) is 4.12. The van der Waals surface area contributed by atoms with Crippen LogP contribution in [0.2, 0.25) is 0 Å². The molecule has 96 valence electrons. The van der Waals surface area contributed by atoms with Crippen LogP contribution in [0, 0.1) is 11.7 Å². The maximum atomic E-state index is 13.3. The van der Waals surface area contributed by atoms with Crippen LogP contribution in [0.4, 0.5) is 4.39 Å². The van der Waals surface area contributed by atoms with Crippen molar-refractivity contribution in [2.24, 2.45) is 11.7 Å². The lowest BCUT2D eigenvalue weighted by molar-refractivity contribution is 0.325. The molecule has 0 aliphatic rings. The summed E-state index contributed by atoms with van der Waals surface area (Å²) in [6.45, 7) is 3.93. The molecule has 0 fully saturated rings. The van der Waals surface area contributed by atoms with E-state index in [0.29, 0.717) is 21.8 Å². The third-order valence-corrected chi connectivity index (χ3v) is 3.02. The quantitative estimate of drug-likeness (QED) is 0.944. The largest absolute Gasteiger partial charge is 0.337 e. The molecular formula is C12H13BrFN3O. The van der Waals surface area contributed by atoms with Crippen LogP contribution in [-0.2, 0) is 0 Å². The number of nitrogens with two attached hydrogens (primary N) is 1. The minimum Gasteiger partial charge on any atom is -0.337 e. The highest BCUT2D eigenvalue weighted by atomic mass is 79.9. The van der Waals surface area contributed by atoms with E-state index >= 15 is 0 Å². The molecule has 0 unspecified atom stereocenters.